The van der Waals surface area contributed by atoms with E-state index < -0.39 is 0 Å². The molecular formula is C13H24N4O. The zero-order valence-electron chi connectivity index (χ0n) is 11.4. The zero-order chi connectivity index (χ0) is 12.8. The highest BCUT2D eigenvalue weighted by Crippen LogP contribution is 2.17. The van der Waals surface area contributed by atoms with E-state index in [2.05, 4.69) is 34.2 Å². The molecule has 0 aliphatic carbocycles. The fourth-order valence-corrected chi connectivity index (χ4v) is 2.63. The maximum atomic E-state index is 4.75. The fraction of sp³-hybridized carbons (Fsp3) is 0.846. The molecule has 1 saturated heterocycles. The third-order valence-corrected chi connectivity index (χ3v) is 3.73. The van der Waals surface area contributed by atoms with Crippen molar-refractivity contribution in [2.45, 2.75) is 51.6 Å². The van der Waals surface area contributed by atoms with Gasteiger partial charge in [-0.25, -0.2) is 0 Å². The molecular weight excluding hydrogens is 228 g/mol. The van der Waals surface area contributed by atoms with Crippen LogP contribution in [0.3, 0.4) is 0 Å². The van der Waals surface area contributed by atoms with Gasteiger partial charge in [0.05, 0.1) is 0 Å². The molecule has 1 aromatic heterocycles. The Hall–Kier alpha value is -0.940. The highest BCUT2D eigenvalue weighted by atomic mass is 16.5. The lowest BCUT2D eigenvalue weighted by molar-refractivity contribution is 0.137. The van der Waals surface area contributed by atoms with E-state index in [1.165, 1.54) is 32.2 Å². The maximum absolute atomic E-state index is 4.75. The highest BCUT2D eigenvalue weighted by molar-refractivity contribution is 4.86. The summed E-state index contributed by atoms with van der Waals surface area (Å²) in [6.07, 6.45) is 5.99. The van der Waals surface area contributed by atoms with Gasteiger partial charge >= 0.3 is 0 Å². The van der Waals surface area contributed by atoms with E-state index in [0.717, 1.165) is 25.3 Å². The van der Waals surface area contributed by atoms with E-state index in [0.29, 0.717) is 12.1 Å². The zero-order valence-corrected chi connectivity index (χ0v) is 11.4. The van der Waals surface area contributed by atoms with Crippen molar-refractivity contribution in [2.24, 2.45) is 0 Å². The number of aromatic nitrogens is 2. The van der Waals surface area contributed by atoms with Crippen molar-refractivity contribution in [1.82, 2.24) is 20.4 Å². The molecule has 1 aromatic rings. The average molecular weight is 252 g/mol. The molecule has 0 aromatic carbocycles. The Morgan fingerprint density at radius 3 is 3.11 bits per heavy atom. The fourth-order valence-electron chi connectivity index (χ4n) is 2.63. The summed E-state index contributed by atoms with van der Waals surface area (Å²) in [5, 5.41) is 7.48. The smallest absolute Gasteiger partial charge is 0.213 e. The first-order valence-electron chi connectivity index (χ1n) is 7.02. The Labute approximate surface area is 109 Å². The molecule has 0 radical (unpaired) electrons. The molecule has 2 rings (SSSR count). The molecule has 2 heterocycles. The van der Waals surface area contributed by atoms with Crippen LogP contribution in [0.5, 0.6) is 0 Å². The number of rotatable bonds is 6. The summed E-state index contributed by atoms with van der Waals surface area (Å²) in [4.78, 5) is 6.59. The van der Waals surface area contributed by atoms with E-state index in [1.807, 2.05) is 0 Å². The van der Waals surface area contributed by atoms with Crippen LogP contribution in [0.25, 0.3) is 0 Å². The SMILES string of the molecule is CCCNC1CCN(CCc2ncon2)C(C)C1. The van der Waals surface area contributed by atoms with Gasteiger partial charge in [-0.05, 0) is 39.3 Å². The molecule has 0 spiro atoms. The molecule has 5 heteroatoms. The van der Waals surface area contributed by atoms with Crippen molar-refractivity contribution < 1.29 is 4.52 Å². The van der Waals surface area contributed by atoms with Gasteiger partial charge in [-0.1, -0.05) is 12.1 Å². The Morgan fingerprint density at radius 2 is 2.44 bits per heavy atom. The van der Waals surface area contributed by atoms with Crippen LogP contribution in [0.4, 0.5) is 0 Å². The first-order chi connectivity index (χ1) is 8.79. The minimum absolute atomic E-state index is 0.639. The average Bonchev–Trinajstić information content (AvgIpc) is 2.88. The highest BCUT2D eigenvalue weighted by Gasteiger charge is 2.24. The van der Waals surface area contributed by atoms with Gasteiger partial charge in [-0.2, -0.15) is 4.98 Å². The lowest BCUT2D eigenvalue weighted by atomic mass is 9.98. The summed E-state index contributed by atoms with van der Waals surface area (Å²) in [5.41, 5.74) is 0. The first-order valence-corrected chi connectivity index (χ1v) is 7.02. The number of likely N-dealkylation sites (tertiary alicyclic amines) is 1. The van der Waals surface area contributed by atoms with Gasteiger partial charge in [0.15, 0.2) is 5.82 Å². The number of hydrogen-bond acceptors (Lipinski definition) is 5. The van der Waals surface area contributed by atoms with E-state index in [-0.39, 0.29) is 0 Å². The minimum Gasteiger partial charge on any atom is -0.343 e. The molecule has 5 nitrogen and oxygen atoms in total. The van der Waals surface area contributed by atoms with Crippen LogP contribution >= 0.6 is 0 Å². The summed E-state index contributed by atoms with van der Waals surface area (Å²) in [6, 6.07) is 1.33. The van der Waals surface area contributed by atoms with Crippen LogP contribution < -0.4 is 5.32 Å². The normalized spacial score (nSPS) is 25.4. The minimum atomic E-state index is 0.639. The van der Waals surface area contributed by atoms with Gasteiger partial charge in [0.1, 0.15) is 0 Å². The predicted octanol–water partition coefficient (Wildman–Crippen LogP) is 1.46. The molecule has 0 saturated carbocycles. The maximum Gasteiger partial charge on any atom is 0.213 e. The van der Waals surface area contributed by atoms with Crippen molar-refractivity contribution in [2.75, 3.05) is 19.6 Å². The molecule has 102 valence electrons. The van der Waals surface area contributed by atoms with Gasteiger partial charge in [-0.15, -0.1) is 0 Å². The molecule has 1 fully saturated rings. The number of piperidine rings is 1. The molecule has 2 unspecified atom stereocenters. The standard InChI is InChI=1S/C13H24N4O/c1-3-6-14-12-4-7-17(11(2)9-12)8-5-13-15-10-18-16-13/h10-12,14H,3-9H2,1-2H3. The lowest BCUT2D eigenvalue weighted by Gasteiger charge is -2.37. The van der Waals surface area contributed by atoms with Crippen molar-refractivity contribution >= 4 is 0 Å². The molecule has 1 aliphatic rings. The number of nitrogens with zero attached hydrogens (tertiary/aromatic N) is 3. The Bertz CT molecular complexity index is 328. The van der Waals surface area contributed by atoms with Gasteiger partial charge in [0.25, 0.3) is 0 Å². The van der Waals surface area contributed by atoms with Crippen LogP contribution in [-0.2, 0) is 6.42 Å². The first kappa shape index (κ1) is 13.5. The molecule has 0 bridgehead atoms. The van der Waals surface area contributed by atoms with Crippen LogP contribution in [0.15, 0.2) is 10.9 Å². The third-order valence-electron chi connectivity index (χ3n) is 3.73. The topological polar surface area (TPSA) is 54.2 Å². The summed E-state index contributed by atoms with van der Waals surface area (Å²) in [6.45, 7) is 7.87. The monoisotopic (exact) mass is 252 g/mol. The van der Waals surface area contributed by atoms with Crippen molar-refractivity contribution in [3.05, 3.63) is 12.2 Å². The second kappa shape index (κ2) is 6.85. The van der Waals surface area contributed by atoms with E-state index in [1.54, 1.807) is 0 Å². The number of hydrogen-bond donors (Lipinski definition) is 1. The van der Waals surface area contributed by atoms with Crippen LogP contribution in [-0.4, -0.2) is 46.8 Å². The van der Waals surface area contributed by atoms with Crippen LogP contribution in [0.2, 0.25) is 0 Å². The number of nitrogens with one attached hydrogen (secondary N) is 1. The molecule has 1 aliphatic heterocycles. The van der Waals surface area contributed by atoms with Crippen LogP contribution in [0, 0.1) is 0 Å². The van der Waals surface area contributed by atoms with E-state index >= 15 is 0 Å². The third kappa shape index (κ3) is 3.78. The molecule has 1 N–H and O–H groups in total. The van der Waals surface area contributed by atoms with Gasteiger partial charge in [-0.3, -0.25) is 0 Å². The Kier molecular flexibility index (Phi) is 5.13. The van der Waals surface area contributed by atoms with E-state index in [4.69, 9.17) is 4.52 Å². The van der Waals surface area contributed by atoms with Gasteiger partial charge < -0.3 is 14.7 Å². The second-order valence-corrected chi connectivity index (χ2v) is 5.16. The summed E-state index contributed by atoms with van der Waals surface area (Å²) < 4.78 is 4.75. The summed E-state index contributed by atoms with van der Waals surface area (Å²) >= 11 is 0. The molecule has 2 atom stereocenters. The largest absolute Gasteiger partial charge is 0.343 e. The van der Waals surface area contributed by atoms with Gasteiger partial charge in [0, 0.05) is 25.0 Å². The summed E-state index contributed by atoms with van der Waals surface area (Å²) in [7, 11) is 0. The quantitative estimate of drug-likeness (QED) is 0.831. The van der Waals surface area contributed by atoms with Crippen molar-refractivity contribution in [1.29, 1.82) is 0 Å². The second-order valence-electron chi connectivity index (χ2n) is 5.16. The lowest BCUT2D eigenvalue weighted by Crippen LogP contribution is -2.48. The molecule has 18 heavy (non-hydrogen) atoms. The van der Waals surface area contributed by atoms with Crippen molar-refractivity contribution in [3.63, 3.8) is 0 Å². The Balaban J connectivity index is 1.72. The predicted molar refractivity (Wildman–Crippen MR) is 70.4 cm³/mol. The van der Waals surface area contributed by atoms with E-state index in [9.17, 15) is 0 Å². The van der Waals surface area contributed by atoms with Crippen LogP contribution in [0.1, 0.15) is 38.9 Å². The summed E-state index contributed by atoms with van der Waals surface area (Å²) in [5.74, 6) is 0.813. The Morgan fingerprint density at radius 1 is 1.56 bits per heavy atom. The molecule has 0 amide bonds. The van der Waals surface area contributed by atoms with Gasteiger partial charge in [0.2, 0.25) is 6.39 Å². The van der Waals surface area contributed by atoms with Crippen molar-refractivity contribution in [3.8, 4) is 0 Å².